The van der Waals surface area contributed by atoms with Gasteiger partial charge in [0.05, 0.1) is 0 Å². The molecule has 1 aromatic rings. The zero-order chi connectivity index (χ0) is 16.4. The molecule has 0 saturated carbocycles. The van der Waals surface area contributed by atoms with Crippen molar-refractivity contribution >= 4 is 5.69 Å². The predicted octanol–water partition coefficient (Wildman–Crippen LogP) is 6.13. The zero-order valence-corrected chi connectivity index (χ0v) is 15.3. The van der Waals surface area contributed by atoms with Crippen molar-refractivity contribution in [2.75, 3.05) is 11.9 Å². The standard InChI is InChI=1S/C12H17N.C8H17N.2CH4/c1-12(2,3)11-8-9-6-4-5-7-10(9)13-11;1-8(2,3)7-5-4-6-9-7;;/h4-7,11,13H,8H2,1-3H3;7,9H,4-6H2,1-3H3;2*1H4. The van der Waals surface area contributed by atoms with E-state index in [-0.39, 0.29) is 14.9 Å². The average Bonchev–Trinajstić information content (AvgIpc) is 3.07. The summed E-state index contributed by atoms with van der Waals surface area (Å²) in [5.41, 5.74) is 3.60. The number of para-hydroxylation sites is 1. The van der Waals surface area contributed by atoms with Gasteiger partial charge in [0, 0.05) is 17.8 Å². The van der Waals surface area contributed by atoms with Crippen LogP contribution in [0.2, 0.25) is 0 Å². The summed E-state index contributed by atoms with van der Waals surface area (Å²) in [6.07, 6.45) is 3.89. The van der Waals surface area contributed by atoms with Gasteiger partial charge in [0.15, 0.2) is 0 Å². The van der Waals surface area contributed by atoms with Crippen LogP contribution >= 0.6 is 0 Å². The van der Waals surface area contributed by atoms with Gasteiger partial charge in [0.2, 0.25) is 0 Å². The molecule has 2 heteroatoms. The monoisotopic (exact) mass is 334 g/mol. The Balaban J connectivity index is 0.000000431. The molecule has 0 spiro atoms. The van der Waals surface area contributed by atoms with E-state index in [0.29, 0.717) is 16.9 Å². The van der Waals surface area contributed by atoms with Crippen LogP contribution in [0.5, 0.6) is 0 Å². The first-order valence-corrected chi connectivity index (χ1v) is 8.76. The van der Waals surface area contributed by atoms with E-state index in [1.807, 2.05) is 0 Å². The highest BCUT2D eigenvalue weighted by atomic mass is 15.0. The number of nitrogens with one attached hydrogen (secondary N) is 2. The lowest BCUT2D eigenvalue weighted by atomic mass is 9.85. The van der Waals surface area contributed by atoms with Gasteiger partial charge in [-0.3, -0.25) is 0 Å². The van der Waals surface area contributed by atoms with Gasteiger partial charge in [0.25, 0.3) is 0 Å². The largest absolute Gasteiger partial charge is 0.381 e. The van der Waals surface area contributed by atoms with E-state index in [1.165, 1.54) is 37.1 Å². The molecule has 2 atom stereocenters. The van der Waals surface area contributed by atoms with Gasteiger partial charge in [-0.1, -0.05) is 74.6 Å². The Morgan fingerprint density at radius 3 is 1.88 bits per heavy atom. The van der Waals surface area contributed by atoms with E-state index in [2.05, 4.69) is 76.4 Å². The van der Waals surface area contributed by atoms with Crippen molar-refractivity contribution in [3.05, 3.63) is 29.8 Å². The Kier molecular flexibility index (Phi) is 8.52. The van der Waals surface area contributed by atoms with Gasteiger partial charge in [-0.25, -0.2) is 0 Å². The topological polar surface area (TPSA) is 24.1 Å². The van der Waals surface area contributed by atoms with Crippen molar-refractivity contribution in [1.29, 1.82) is 0 Å². The maximum atomic E-state index is 3.57. The van der Waals surface area contributed by atoms with Gasteiger partial charge in [0.1, 0.15) is 0 Å². The Hall–Kier alpha value is -1.02. The number of benzene rings is 1. The minimum atomic E-state index is 0. The molecular weight excluding hydrogens is 292 g/mol. The molecule has 3 rings (SSSR count). The number of anilines is 1. The maximum Gasteiger partial charge on any atom is 0.0375 e. The highest BCUT2D eigenvalue weighted by Gasteiger charge is 2.30. The second-order valence-electron chi connectivity index (χ2n) is 8.94. The molecule has 24 heavy (non-hydrogen) atoms. The van der Waals surface area contributed by atoms with Crippen molar-refractivity contribution in [1.82, 2.24) is 5.32 Å². The number of fused-ring (bicyclic) bond motifs is 1. The molecule has 2 aliphatic heterocycles. The fourth-order valence-corrected chi connectivity index (χ4v) is 3.24. The molecule has 140 valence electrons. The fourth-order valence-electron chi connectivity index (χ4n) is 3.24. The summed E-state index contributed by atoms with van der Waals surface area (Å²) in [5.74, 6) is 0. The number of hydrogen-bond acceptors (Lipinski definition) is 2. The molecule has 0 bridgehead atoms. The Morgan fingerprint density at radius 1 is 0.875 bits per heavy atom. The van der Waals surface area contributed by atoms with Crippen LogP contribution in [0.15, 0.2) is 24.3 Å². The van der Waals surface area contributed by atoms with Crippen molar-refractivity contribution in [2.24, 2.45) is 10.8 Å². The molecule has 0 radical (unpaired) electrons. The summed E-state index contributed by atoms with van der Waals surface area (Å²) in [6, 6.07) is 9.94. The number of hydrogen-bond donors (Lipinski definition) is 2. The first-order chi connectivity index (χ1) is 10.2. The molecule has 1 fully saturated rings. The van der Waals surface area contributed by atoms with Crippen molar-refractivity contribution in [3.8, 4) is 0 Å². The second kappa shape index (κ2) is 8.89. The van der Waals surface area contributed by atoms with E-state index >= 15 is 0 Å². The lowest BCUT2D eigenvalue weighted by Crippen LogP contribution is -2.34. The van der Waals surface area contributed by atoms with Gasteiger partial charge >= 0.3 is 0 Å². The third-order valence-corrected chi connectivity index (χ3v) is 4.92. The van der Waals surface area contributed by atoms with Crippen molar-refractivity contribution in [3.63, 3.8) is 0 Å². The molecule has 0 aromatic heterocycles. The molecule has 2 N–H and O–H groups in total. The lowest BCUT2D eigenvalue weighted by Gasteiger charge is -2.27. The van der Waals surface area contributed by atoms with Crippen LogP contribution in [-0.2, 0) is 6.42 Å². The molecule has 0 amide bonds. The molecule has 2 aliphatic rings. The van der Waals surface area contributed by atoms with Gasteiger partial charge in [-0.2, -0.15) is 0 Å². The minimum absolute atomic E-state index is 0. The predicted molar refractivity (Wildman–Crippen MR) is 111 cm³/mol. The van der Waals surface area contributed by atoms with E-state index in [0.717, 1.165) is 6.04 Å². The van der Waals surface area contributed by atoms with E-state index in [1.54, 1.807) is 0 Å². The quantitative estimate of drug-likeness (QED) is 0.596. The van der Waals surface area contributed by atoms with Gasteiger partial charge < -0.3 is 10.6 Å². The summed E-state index contributed by atoms with van der Waals surface area (Å²) in [5, 5.41) is 7.07. The molecule has 2 nitrogen and oxygen atoms in total. The molecular formula is C22H42N2. The Bertz CT molecular complexity index is 448. The van der Waals surface area contributed by atoms with Gasteiger partial charge in [-0.15, -0.1) is 0 Å². The third-order valence-electron chi connectivity index (χ3n) is 4.92. The summed E-state index contributed by atoms with van der Waals surface area (Å²) >= 11 is 0. The SMILES string of the molecule is C.C.CC(C)(C)C1CCCN1.CC(C)(C)C1Cc2ccccc2N1. The van der Waals surface area contributed by atoms with Gasteiger partial charge in [-0.05, 0) is 48.3 Å². The normalized spacial score (nSPS) is 22.2. The van der Waals surface area contributed by atoms with E-state index < -0.39 is 0 Å². The van der Waals surface area contributed by atoms with Crippen LogP contribution in [0, 0.1) is 10.8 Å². The van der Waals surface area contributed by atoms with Crippen LogP contribution < -0.4 is 10.6 Å². The summed E-state index contributed by atoms with van der Waals surface area (Å²) < 4.78 is 0. The molecule has 2 heterocycles. The average molecular weight is 335 g/mol. The fraction of sp³-hybridized carbons (Fsp3) is 0.727. The van der Waals surface area contributed by atoms with Crippen LogP contribution in [0.25, 0.3) is 0 Å². The smallest absolute Gasteiger partial charge is 0.0375 e. The molecule has 2 unspecified atom stereocenters. The van der Waals surface area contributed by atoms with Crippen LogP contribution in [0.4, 0.5) is 5.69 Å². The molecule has 1 aromatic carbocycles. The highest BCUT2D eigenvalue weighted by Crippen LogP contribution is 2.33. The van der Waals surface area contributed by atoms with Crippen molar-refractivity contribution in [2.45, 2.75) is 87.7 Å². The Labute approximate surface area is 151 Å². The van der Waals surface area contributed by atoms with Crippen molar-refractivity contribution < 1.29 is 0 Å². The van der Waals surface area contributed by atoms with E-state index in [9.17, 15) is 0 Å². The first-order valence-electron chi connectivity index (χ1n) is 8.76. The van der Waals surface area contributed by atoms with Crippen LogP contribution in [0.1, 0.15) is 74.8 Å². The number of rotatable bonds is 0. The lowest BCUT2D eigenvalue weighted by molar-refractivity contribution is 0.295. The summed E-state index contributed by atoms with van der Waals surface area (Å²) in [6.45, 7) is 15.0. The van der Waals surface area contributed by atoms with Crippen LogP contribution in [0.3, 0.4) is 0 Å². The minimum Gasteiger partial charge on any atom is -0.381 e. The molecule has 1 saturated heterocycles. The highest BCUT2D eigenvalue weighted by molar-refractivity contribution is 5.56. The third kappa shape index (κ3) is 6.12. The molecule has 0 aliphatic carbocycles. The summed E-state index contributed by atoms with van der Waals surface area (Å²) in [4.78, 5) is 0. The summed E-state index contributed by atoms with van der Waals surface area (Å²) in [7, 11) is 0. The second-order valence-corrected chi connectivity index (χ2v) is 8.94. The Morgan fingerprint density at radius 2 is 1.46 bits per heavy atom. The van der Waals surface area contributed by atoms with Crippen LogP contribution in [-0.4, -0.2) is 18.6 Å². The zero-order valence-electron chi connectivity index (χ0n) is 15.3. The maximum absolute atomic E-state index is 3.57. The van der Waals surface area contributed by atoms with E-state index in [4.69, 9.17) is 0 Å². The first kappa shape index (κ1) is 23.0.